The van der Waals surface area contributed by atoms with Gasteiger partial charge in [-0.05, 0) is 74.1 Å². The predicted octanol–water partition coefficient (Wildman–Crippen LogP) is 4.26. The molecule has 0 aliphatic carbocycles. The largest absolute Gasteiger partial charge is 0.497 e. The average Bonchev–Trinajstić information content (AvgIpc) is 2.85. The summed E-state index contributed by atoms with van der Waals surface area (Å²) in [6.07, 6.45) is 0. The fraction of sp³-hybridized carbons (Fsp3) is 0.259. The Morgan fingerprint density at radius 1 is 0.853 bits per heavy atom. The highest BCUT2D eigenvalue weighted by Crippen LogP contribution is 2.26. The van der Waals surface area contributed by atoms with Crippen LogP contribution in [0.4, 0.5) is 17.1 Å². The first-order valence-electron chi connectivity index (χ1n) is 11.3. The van der Waals surface area contributed by atoms with Crippen LogP contribution in [0, 0.1) is 6.92 Å². The maximum Gasteiger partial charge on any atom is 0.257 e. The van der Waals surface area contributed by atoms with E-state index < -0.39 is 0 Å². The van der Waals surface area contributed by atoms with E-state index in [0.717, 1.165) is 37.4 Å². The molecule has 176 valence electrons. The standard InChI is InChI=1S/C27H30N4O3/c1-19-18-21(10-13-25(19)31-16-14-30(2)15-17-31)28-27(33)23-6-4-5-7-24(23)29-26(32)20-8-11-22(34-3)12-9-20/h4-13,18H,14-17H2,1-3H3,(H,28,33)(H,29,32). The molecule has 7 heteroatoms. The van der Waals surface area contributed by atoms with Crippen LogP contribution in [0.5, 0.6) is 5.75 Å². The van der Waals surface area contributed by atoms with Gasteiger partial charge in [0.25, 0.3) is 11.8 Å². The summed E-state index contributed by atoms with van der Waals surface area (Å²) in [7, 11) is 3.71. The van der Waals surface area contributed by atoms with Gasteiger partial charge in [0.15, 0.2) is 0 Å². The summed E-state index contributed by atoms with van der Waals surface area (Å²) >= 11 is 0. The van der Waals surface area contributed by atoms with Crippen molar-refractivity contribution in [1.29, 1.82) is 0 Å². The van der Waals surface area contributed by atoms with Crippen LogP contribution in [-0.4, -0.2) is 57.1 Å². The van der Waals surface area contributed by atoms with Gasteiger partial charge in [-0.15, -0.1) is 0 Å². The summed E-state index contributed by atoms with van der Waals surface area (Å²) < 4.78 is 5.14. The van der Waals surface area contributed by atoms with E-state index in [9.17, 15) is 9.59 Å². The fourth-order valence-corrected chi connectivity index (χ4v) is 4.06. The second-order valence-electron chi connectivity index (χ2n) is 8.47. The molecule has 4 rings (SSSR count). The molecule has 1 aliphatic rings. The number of aryl methyl sites for hydroxylation is 1. The monoisotopic (exact) mass is 458 g/mol. The summed E-state index contributed by atoms with van der Waals surface area (Å²) in [4.78, 5) is 30.5. The van der Waals surface area contributed by atoms with Crippen LogP contribution < -0.4 is 20.3 Å². The highest BCUT2D eigenvalue weighted by Gasteiger charge is 2.18. The molecule has 0 saturated carbocycles. The Balaban J connectivity index is 1.46. The third-order valence-corrected chi connectivity index (χ3v) is 6.07. The second kappa shape index (κ2) is 10.4. The molecule has 0 radical (unpaired) electrons. The topological polar surface area (TPSA) is 73.9 Å². The van der Waals surface area contributed by atoms with E-state index in [0.29, 0.717) is 22.6 Å². The van der Waals surface area contributed by atoms with Gasteiger partial charge in [0.05, 0.1) is 18.4 Å². The number of hydrogen-bond donors (Lipinski definition) is 2. The third-order valence-electron chi connectivity index (χ3n) is 6.07. The highest BCUT2D eigenvalue weighted by atomic mass is 16.5. The number of carbonyl (C=O) groups excluding carboxylic acids is 2. The molecule has 0 spiro atoms. The molecule has 3 aromatic rings. The number of amides is 2. The minimum atomic E-state index is -0.296. The molecular weight excluding hydrogens is 428 g/mol. The van der Waals surface area contributed by atoms with Crippen molar-refractivity contribution in [2.75, 3.05) is 55.9 Å². The minimum absolute atomic E-state index is 0.280. The Hall–Kier alpha value is -3.84. The number of carbonyl (C=O) groups is 2. The van der Waals surface area contributed by atoms with Crippen LogP contribution in [0.2, 0.25) is 0 Å². The van der Waals surface area contributed by atoms with E-state index in [1.165, 1.54) is 5.69 Å². The van der Waals surface area contributed by atoms with Crippen molar-refractivity contribution in [2.24, 2.45) is 0 Å². The van der Waals surface area contributed by atoms with Crippen molar-refractivity contribution >= 4 is 28.9 Å². The molecule has 2 N–H and O–H groups in total. The number of methoxy groups -OCH3 is 1. The lowest BCUT2D eigenvalue weighted by Gasteiger charge is -2.35. The van der Waals surface area contributed by atoms with Gasteiger partial charge in [0.2, 0.25) is 0 Å². The number of ether oxygens (including phenoxy) is 1. The molecule has 3 aromatic carbocycles. The molecule has 1 heterocycles. The lowest BCUT2D eigenvalue weighted by atomic mass is 10.1. The van der Waals surface area contributed by atoms with Crippen molar-refractivity contribution in [2.45, 2.75) is 6.92 Å². The Bertz CT molecular complexity index is 1170. The zero-order valence-electron chi connectivity index (χ0n) is 19.8. The summed E-state index contributed by atoms with van der Waals surface area (Å²) in [5.74, 6) is 0.0953. The summed E-state index contributed by atoms with van der Waals surface area (Å²) in [6.45, 7) is 6.12. The van der Waals surface area contributed by atoms with Crippen LogP contribution in [0.3, 0.4) is 0 Å². The van der Waals surface area contributed by atoms with Gasteiger partial charge in [-0.3, -0.25) is 9.59 Å². The SMILES string of the molecule is COc1ccc(C(=O)Nc2ccccc2C(=O)Nc2ccc(N3CCN(C)CC3)c(C)c2)cc1. The van der Waals surface area contributed by atoms with Crippen molar-refractivity contribution in [3.63, 3.8) is 0 Å². The molecule has 1 saturated heterocycles. The predicted molar refractivity (Wildman–Crippen MR) is 136 cm³/mol. The zero-order chi connectivity index (χ0) is 24.1. The first-order valence-corrected chi connectivity index (χ1v) is 11.3. The Morgan fingerprint density at radius 3 is 2.24 bits per heavy atom. The van der Waals surface area contributed by atoms with Crippen molar-refractivity contribution in [3.05, 3.63) is 83.4 Å². The van der Waals surface area contributed by atoms with Gasteiger partial charge in [0, 0.05) is 43.1 Å². The van der Waals surface area contributed by atoms with Crippen LogP contribution in [0.1, 0.15) is 26.3 Å². The second-order valence-corrected chi connectivity index (χ2v) is 8.47. The van der Waals surface area contributed by atoms with E-state index in [1.54, 1.807) is 55.6 Å². The van der Waals surface area contributed by atoms with E-state index in [1.807, 2.05) is 12.1 Å². The molecule has 0 aromatic heterocycles. The Kier molecular flexibility index (Phi) is 7.13. The van der Waals surface area contributed by atoms with Gasteiger partial charge in [-0.1, -0.05) is 12.1 Å². The van der Waals surface area contributed by atoms with Gasteiger partial charge in [-0.25, -0.2) is 0 Å². The number of piperazine rings is 1. The molecule has 2 amide bonds. The van der Waals surface area contributed by atoms with Gasteiger partial charge >= 0.3 is 0 Å². The van der Waals surface area contributed by atoms with Gasteiger partial charge in [0.1, 0.15) is 5.75 Å². The molecule has 0 unspecified atom stereocenters. The van der Waals surface area contributed by atoms with Gasteiger partial charge in [-0.2, -0.15) is 0 Å². The average molecular weight is 459 g/mol. The van der Waals surface area contributed by atoms with E-state index in [2.05, 4.69) is 40.5 Å². The smallest absolute Gasteiger partial charge is 0.257 e. The van der Waals surface area contributed by atoms with Crippen LogP contribution in [-0.2, 0) is 0 Å². The maximum absolute atomic E-state index is 13.1. The number of nitrogens with zero attached hydrogens (tertiary/aromatic N) is 2. The number of likely N-dealkylation sites (N-methyl/N-ethyl adjacent to an activating group) is 1. The van der Waals surface area contributed by atoms with Crippen LogP contribution in [0.15, 0.2) is 66.7 Å². The molecular formula is C27H30N4O3. The number of anilines is 3. The summed E-state index contributed by atoms with van der Waals surface area (Å²) in [5.41, 5.74) is 4.35. The maximum atomic E-state index is 13.1. The lowest BCUT2D eigenvalue weighted by Crippen LogP contribution is -2.44. The molecule has 0 bridgehead atoms. The molecule has 7 nitrogen and oxygen atoms in total. The first-order chi connectivity index (χ1) is 16.4. The number of rotatable bonds is 6. The number of hydrogen-bond acceptors (Lipinski definition) is 5. The van der Waals surface area contributed by atoms with Crippen LogP contribution in [0.25, 0.3) is 0 Å². The first kappa shape index (κ1) is 23.3. The molecule has 1 aliphatic heterocycles. The van der Waals surface area contributed by atoms with Crippen molar-refractivity contribution in [3.8, 4) is 5.75 Å². The number of benzene rings is 3. The van der Waals surface area contributed by atoms with E-state index in [4.69, 9.17) is 4.74 Å². The quantitative estimate of drug-likeness (QED) is 0.577. The normalized spacial score (nSPS) is 13.9. The van der Waals surface area contributed by atoms with E-state index in [-0.39, 0.29) is 11.8 Å². The minimum Gasteiger partial charge on any atom is -0.497 e. The highest BCUT2D eigenvalue weighted by molar-refractivity contribution is 6.12. The lowest BCUT2D eigenvalue weighted by molar-refractivity contribution is 0.102. The van der Waals surface area contributed by atoms with Crippen molar-refractivity contribution < 1.29 is 14.3 Å². The number of para-hydroxylation sites is 1. The summed E-state index contributed by atoms with van der Waals surface area (Å²) in [5, 5.41) is 5.82. The van der Waals surface area contributed by atoms with E-state index >= 15 is 0 Å². The zero-order valence-corrected chi connectivity index (χ0v) is 19.8. The fourth-order valence-electron chi connectivity index (χ4n) is 4.06. The summed E-state index contributed by atoms with van der Waals surface area (Å²) in [6, 6.07) is 19.8. The molecule has 0 atom stereocenters. The Labute approximate surface area is 200 Å². The molecule has 1 fully saturated rings. The van der Waals surface area contributed by atoms with Gasteiger partial charge < -0.3 is 25.2 Å². The third kappa shape index (κ3) is 5.38. The van der Waals surface area contributed by atoms with Crippen LogP contribution >= 0.6 is 0 Å². The Morgan fingerprint density at radius 2 is 1.56 bits per heavy atom. The molecule has 34 heavy (non-hydrogen) atoms. The van der Waals surface area contributed by atoms with Crippen molar-refractivity contribution in [1.82, 2.24) is 4.90 Å². The number of nitrogens with one attached hydrogen (secondary N) is 2.